The zero-order chi connectivity index (χ0) is 10.1. The molecule has 0 saturated carbocycles. The first-order valence-corrected chi connectivity index (χ1v) is 4.57. The van der Waals surface area contributed by atoms with E-state index >= 15 is 0 Å². The van der Waals surface area contributed by atoms with E-state index in [0.29, 0.717) is 0 Å². The first-order valence-electron chi connectivity index (χ1n) is 3.13. The van der Waals surface area contributed by atoms with Gasteiger partial charge in [-0.15, -0.1) is 0 Å². The van der Waals surface area contributed by atoms with Crippen LogP contribution in [-0.2, 0) is 10.1 Å². The van der Waals surface area contributed by atoms with Crippen LogP contribution in [-0.4, -0.2) is 17.9 Å². The van der Waals surface area contributed by atoms with Crippen LogP contribution < -0.4 is 18.9 Å². The summed E-state index contributed by atoms with van der Waals surface area (Å²) in [5, 5.41) is 10.2. The number of benzene rings is 1. The zero-order valence-electron chi connectivity index (χ0n) is 8.25. The Balaban J connectivity index is 0. The summed E-state index contributed by atoms with van der Waals surface area (Å²) >= 11 is 0. The first kappa shape index (κ1) is 13.1. The van der Waals surface area contributed by atoms with E-state index in [1.807, 2.05) is 0 Å². The Morgan fingerprint density at radius 1 is 1.43 bits per heavy atom. The molecule has 0 unspecified atom stereocenters. The molecule has 0 bridgehead atoms. The Kier molecular flexibility index (Phi) is 4.28. The van der Waals surface area contributed by atoms with Crippen LogP contribution in [0.1, 0.15) is 1.43 Å². The van der Waals surface area contributed by atoms with E-state index in [4.69, 9.17) is 4.55 Å². The fraction of sp³-hybridized carbons (Fsp3) is 0. The number of rotatable bonds is 2. The van der Waals surface area contributed by atoms with Gasteiger partial charge < -0.3 is 1.43 Å². The SMILES string of the molecule is O=[N+]([O-])c1cccc(S(=O)(=O)O)c1.[H-].[Li+]. The summed E-state index contributed by atoms with van der Waals surface area (Å²) in [6.07, 6.45) is 0. The van der Waals surface area contributed by atoms with Crippen molar-refractivity contribution in [2.24, 2.45) is 0 Å². The van der Waals surface area contributed by atoms with E-state index in [-0.39, 0.29) is 26.0 Å². The van der Waals surface area contributed by atoms with Crippen LogP contribution in [0.4, 0.5) is 5.69 Å². The van der Waals surface area contributed by atoms with Crippen molar-refractivity contribution in [1.82, 2.24) is 0 Å². The fourth-order valence-electron chi connectivity index (χ4n) is 0.758. The van der Waals surface area contributed by atoms with Gasteiger partial charge in [0.05, 0.1) is 4.92 Å². The van der Waals surface area contributed by atoms with Gasteiger partial charge in [-0.1, -0.05) is 6.07 Å². The summed E-state index contributed by atoms with van der Waals surface area (Å²) in [6, 6.07) is 4.17. The normalized spacial score (nSPS) is 10.4. The van der Waals surface area contributed by atoms with Gasteiger partial charge in [-0.05, 0) is 6.07 Å². The van der Waals surface area contributed by atoms with E-state index in [1.165, 1.54) is 6.07 Å². The third-order valence-corrected chi connectivity index (χ3v) is 2.18. The molecule has 0 aliphatic carbocycles. The van der Waals surface area contributed by atoms with Crippen molar-refractivity contribution in [1.29, 1.82) is 0 Å². The molecule has 0 aliphatic rings. The first-order chi connectivity index (χ1) is 5.91. The van der Waals surface area contributed by atoms with Crippen LogP contribution in [0.5, 0.6) is 0 Å². The fourth-order valence-corrected chi connectivity index (χ4v) is 1.28. The maximum Gasteiger partial charge on any atom is 1.00 e. The second-order valence-corrected chi connectivity index (χ2v) is 3.65. The molecule has 1 rings (SSSR count). The number of nitro groups is 1. The summed E-state index contributed by atoms with van der Waals surface area (Å²) in [5.74, 6) is 0. The summed E-state index contributed by atoms with van der Waals surface area (Å²) in [5.41, 5.74) is -0.380. The van der Waals surface area contributed by atoms with Gasteiger partial charge >= 0.3 is 18.9 Å². The summed E-state index contributed by atoms with van der Waals surface area (Å²) in [4.78, 5) is 8.98. The molecule has 0 heterocycles. The molecule has 72 valence electrons. The number of hydrogen-bond donors (Lipinski definition) is 1. The van der Waals surface area contributed by atoms with E-state index in [0.717, 1.165) is 18.2 Å². The maximum absolute atomic E-state index is 10.5. The Morgan fingerprint density at radius 2 is 2.00 bits per heavy atom. The number of non-ortho nitro benzene ring substituents is 1. The number of hydrogen-bond acceptors (Lipinski definition) is 4. The van der Waals surface area contributed by atoms with Crippen molar-refractivity contribution in [3.05, 3.63) is 34.4 Å². The molecule has 0 aromatic heterocycles. The average molecular weight is 211 g/mol. The van der Waals surface area contributed by atoms with Gasteiger partial charge in [-0.2, -0.15) is 8.42 Å². The third-order valence-electron chi connectivity index (χ3n) is 1.33. The third kappa shape index (κ3) is 3.12. The molecule has 0 atom stereocenters. The largest absolute Gasteiger partial charge is 1.00 e. The van der Waals surface area contributed by atoms with Crippen LogP contribution in [0.3, 0.4) is 0 Å². The Morgan fingerprint density at radius 3 is 2.43 bits per heavy atom. The molecule has 0 spiro atoms. The number of nitrogens with zero attached hydrogens (tertiary/aromatic N) is 1. The number of nitro benzene ring substituents is 1. The molecule has 0 amide bonds. The second kappa shape index (κ2) is 4.57. The van der Waals surface area contributed by atoms with Gasteiger partial charge in [0.25, 0.3) is 15.8 Å². The predicted molar refractivity (Wildman–Crippen MR) is 44.0 cm³/mol. The summed E-state index contributed by atoms with van der Waals surface area (Å²) in [6.45, 7) is 0. The van der Waals surface area contributed by atoms with Crippen LogP contribution >= 0.6 is 0 Å². The minimum Gasteiger partial charge on any atom is -1.00 e. The molecule has 8 heteroatoms. The van der Waals surface area contributed by atoms with Gasteiger partial charge in [-0.25, -0.2) is 0 Å². The van der Waals surface area contributed by atoms with Crippen molar-refractivity contribution in [3.63, 3.8) is 0 Å². The van der Waals surface area contributed by atoms with Crippen LogP contribution in [0.15, 0.2) is 29.2 Å². The molecular weight excluding hydrogens is 205 g/mol. The molecule has 1 aromatic carbocycles. The van der Waals surface area contributed by atoms with Crippen molar-refractivity contribution in [2.75, 3.05) is 0 Å². The molecular formula is C6H6LiNO5S. The Labute approximate surface area is 93.5 Å². The van der Waals surface area contributed by atoms with Crippen molar-refractivity contribution < 1.29 is 38.2 Å². The van der Waals surface area contributed by atoms with Crippen molar-refractivity contribution >= 4 is 15.8 Å². The smallest absolute Gasteiger partial charge is 1.00 e. The van der Waals surface area contributed by atoms with Crippen LogP contribution in [0, 0.1) is 10.1 Å². The second-order valence-electron chi connectivity index (χ2n) is 2.23. The molecule has 1 aromatic rings. The zero-order valence-corrected chi connectivity index (χ0v) is 8.06. The molecule has 0 radical (unpaired) electrons. The molecule has 0 saturated heterocycles. The topological polar surface area (TPSA) is 97.5 Å². The predicted octanol–water partition coefficient (Wildman–Crippen LogP) is -2.04. The van der Waals surface area contributed by atoms with Crippen molar-refractivity contribution in [2.45, 2.75) is 4.90 Å². The van der Waals surface area contributed by atoms with E-state index in [2.05, 4.69) is 0 Å². The summed E-state index contributed by atoms with van der Waals surface area (Å²) < 4.78 is 29.6. The van der Waals surface area contributed by atoms with Gasteiger partial charge in [0, 0.05) is 12.1 Å². The van der Waals surface area contributed by atoms with Crippen molar-refractivity contribution in [3.8, 4) is 0 Å². The minimum atomic E-state index is -4.36. The van der Waals surface area contributed by atoms with E-state index < -0.39 is 19.9 Å². The maximum atomic E-state index is 10.5. The summed E-state index contributed by atoms with van der Waals surface area (Å²) in [7, 11) is -4.36. The minimum absolute atomic E-state index is 0. The molecule has 0 aliphatic heterocycles. The molecule has 0 fully saturated rings. The van der Waals surface area contributed by atoms with Gasteiger partial charge in [-0.3, -0.25) is 14.7 Å². The quantitative estimate of drug-likeness (QED) is 0.263. The van der Waals surface area contributed by atoms with Crippen LogP contribution in [0.25, 0.3) is 0 Å². The van der Waals surface area contributed by atoms with E-state index in [9.17, 15) is 18.5 Å². The Bertz CT molecular complexity index is 449. The molecule has 1 N–H and O–H groups in total. The monoisotopic (exact) mass is 211 g/mol. The Hall–Kier alpha value is -0.873. The molecule has 6 nitrogen and oxygen atoms in total. The van der Waals surface area contributed by atoms with Gasteiger partial charge in [0.2, 0.25) is 0 Å². The standard InChI is InChI=1S/C6H5NO5S.Li.H/c8-7(9)5-2-1-3-6(4-5)13(10,11)12;;/h1-4H,(H,10,11,12);;/q;+1;-1. The van der Waals surface area contributed by atoms with Gasteiger partial charge in [0.1, 0.15) is 4.90 Å². The van der Waals surface area contributed by atoms with Crippen LogP contribution in [0.2, 0.25) is 0 Å². The van der Waals surface area contributed by atoms with E-state index in [1.54, 1.807) is 0 Å². The molecule has 14 heavy (non-hydrogen) atoms. The average Bonchev–Trinajstić information content (AvgIpc) is 2.03. The van der Waals surface area contributed by atoms with Gasteiger partial charge in [0.15, 0.2) is 0 Å².